The standard InChI is InChI=1S/C40H21NOS/c1-4-13-31-29(10-1)38-33(21-18-27-23-9-3-6-15-35(23)43-40(27)38)41(31)32-20-19-30-36-24(11-7-12-28(32)36)25-16-17-26-22-8-2-5-14-34(22)42-39(26)37(25)30/h1-21H. The molecule has 3 heterocycles. The molecule has 7 aromatic carbocycles. The second kappa shape index (κ2) is 7.71. The fourth-order valence-corrected chi connectivity index (χ4v) is 9.05. The highest BCUT2D eigenvalue weighted by molar-refractivity contribution is 7.26. The van der Waals surface area contributed by atoms with E-state index < -0.39 is 0 Å². The third-order valence-electron chi connectivity index (χ3n) is 9.55. The van der Waals surface area contributed by atoms with Crippen molar-refractivity contribution in [1.29, 1.82) is 0 Å². The van der Waals surface area contributed by atoms with Crippen molar-refractivity contribution in [2.24, 2.45) is 0 Å². The molecular weight excluding hydrogens is 543 g/mol. The molecule has 0 unspecified atom stereocenters. The molecule has 3 aromatic heterocycles. The van der Waals surface area contributed by atoms with Crippen LogP contribution in [0, 0.1) is 0 Å². The van der Waals surface area contributed by atoms with E-state index in [9.17, 15) is 0 Å². The first-order valence-electron chi connectivity index (χ1n) is 14.7. The van der Waals surface area contributed by atoms with Crippen LogP contribution in [0.4, 0.5) is 0 Å². The molecule has 3 heteroatoms. The lowest BCUT2D eigenvalue weighted by molar-refractivity contribution is 0.670. The fourth-order valence-electron chi connectivity index (χ4n) is 7.79. The average Bonchev–Trinajstić information content (AvgIpc) is 3.80. The molecule has 0 aliphatic heterocycles. The van der Waals surface area contributed by atoms with E-state index in [1.54, 1.807) is 0 Å². The zero-order valence-corrected chi connectivity index (χ0v) is 23.7. The molecule has 1 aliphatic carbocycles. The first-order chi connectivity index (χ1) is 21.3. The number of hydrogen-bond donors (Lipinski definition) is 0. The lowest BCUT2D eigenvalue weighted by Gasteiger charge is -2.13. The molecule has 0 N–H and O–H groups in total. The van der Waals surface area contributed by atoms with Gasteiger partial charge < -0.3 is 8.98 Å². The first kappa shape index (κ1) is 22.2. The van der Waals surface area contributed by atoms with Crippen LogP contribution in [0.5, 0.6) is 0 Å². The Bertz CT molecular complexity index is 2840. The molecular formula is C40H21NOS. The number of nitrogens with zero attached hydrogens (tertiary/aromatic N) is 1. The fraction of sp³-hybridized carbons (Fsp3) is 0. The summed E-state index contributed by atoms with van der Waals surface area (Å²) < 4.78 is 11.7. The van der Waals surface area contributed by atoms with Crippen LogP contribution in [0.15, 0.2) is 132 Å². The van der Waals surface area contributed by atoms with Gasteiger partial charge >= 0.3 is 0 Å². The van der Waals surface area contributed by atoms with Crippen molar-refractivity contribution < 1.29 is 4.42 Å². The predicted molar refractivity (Wildman–Crippen MR) is 183 cm³/mol. The molecule has 0 radical (unpaired) electrons. The number of furan rings is 1. The zero-order chi connectivity index (χ0) is 27.8. The second-order valence-corrected chi connectivity index (χ2v) is 12.7. The predicted octanol–water partition coefficient (Wildman–Crippen LogP) is 11.9. The highest BCUT2D eigenvalue weighted by Crippen LogP contribution is 2.53. The quantitative estimate of drug-likeness (QED) is 0.194. The van der Waals surface area contributed by atoms with Crippen LogP contribution >= 0.6 is 11.3 Å². The van der Waals surface area contributed by atoms with Crippen molar-refractivity contribution in [2.45, 2.75) is 0 Å². The summed E-state index contributed by atoms with van der Waals surface area (Å²) >= 11 is 1.90. The summed E-state index contributed by atoms with van der Waals surface area (Å²) in [6, 6.07) is 46.6. The molecule has 0 spiro atoms. The van der Waals surface area contributed by atoms with Gasteiger partial charge in [-0.05, 0) is 58.5 Å². The van der Waals surface area contributed by atoms with Crippen LogP contribution in [0.25, 0.3) is 103 Å². The minimum Gasteiger partial charge on any atom is -0.455 e. The molecule has 10 aromatic rings. The second-order valence-electron chi connectivity index (χ2n) is 11.6. The average molecular weight is 564 g/mol. The monoisotopic (exact) mass is 563 g/mol. The van der Waals surface area contributed by atoms with Gasteiger partial charge in [-0.1, -0.05) is 91.0 Å². The third-order valence-corrected chi connectivity index (χ3v) is 10.7. The van der Waals surface area contributed by atoms with Gasteiger partial charge in [0.25, 0.3) is 0 Å². The number of para-hydroxylation sites is 2. The maximum Gasteiger partial charge on any atom is 0.143 e. The SMILES string of the molecule is c1ccc2c(c1)oc1c3c(ccc12)-c1cccc2c(-n4c5ccccc5c5c6sc7ccccc7c6ccc54)ccc-3c12. The smallest absolute Gasteiger partial charge is 0.143 e. The Balaban J connectivity index is 1.26. The summed E-state index contributed by atoms with van der Waals surface area (Å²) in [5.41, 5.74) is 10.6. The number of thiophene rings is 1. The van der Waals surface area contributed by atoms with E-state index in [1.165, 1.54) is 91.5 Å². The largest absolute Gasteiger partial charge is 0.455 e. The van der Waals surface area contributed by atoms with Crippen LogP contribution < -0.4 is 0 Å². The molecule has 0 amide bonds. The van der Waals surface area contributed by atoms with E-state index >= 15 is 0 Å². The van der Waals surface area contributed by atoms with Gasteiger partial charge in [-0.2, -0.15) is 0 Å². The topological polar surface area (TPSA) is 18.1 Å². The molecule has 1 aliphatic rings. The van der Waals surface area contributed by atoms with Crippen molar-refractivity contribution in [3.8, 4) is 27.9 Å². The van der Waals surface area contributed by atoms with E-state index in [1.807, 2.05) is 17.4 Å². The molecule has 0 fully saturated rings. The normalized spacial score (nSPS) is 12.7. The van der Waals surface area contributed by atoms with Crippen LogP contribution in [-0.4, -0.2) is 4.57 Å². The van der Waals surface area contributed by atoms with Crippen LogP contribution in [-0.2, 0) is 0 Å². The number of aromatic nitrogens is 1. The first-order valence-corrected chi connectivity index (χ1v) is 15.5. The third kappa shape index (κ3) is 2.65. The summed E-state index contributed by atoms with van der Waals surface area (Å²) in [6.07, 6.45) is 0. The van der Waals surface area contributed by atoms with Crippen LogP contribution in [0.1, 0.15) is 0 Å². The molecule has 0 bridgehead atoms. The molecule has 43 heavy (non-hydrogen) atoms. The lowest BCUT2D eigenvalue weighted by Crippen LogP contribution is -1.95. The summed E-state index contributed by atoms with van der Waals surface area (Å²) in [5, 5.41) is 10.2. The minimum atomic E-state index is 0.938. The summed E-state index contributed by atoms with van der Waals surface area (Å²) in [4.78, 5) is 0. The number of hydrogen-bond acceptors (Lipinski definition) is 2. The van der Waals surface area contributed by atoms with Gasteiger partial charge in [-0.15, -0.1) is 11.3 Å². The number of benzene rings is 7. The van der Waals surface area contributed by atoms with E-state index in [2.05, 4.69) is 126 Å². The van der Waals surface area contributed by atoms with Crippen LogP contribution in [0.3, 0.4) is 0 Å². The number of fused-ring (bicyclic) bond motifs is 14. The highest BCUT2D eigenvalue weighted by Gasteiger charge is 2.28. The van der Waals surface area contributed by atoms with Gasteiger partial charge in [-0.3, -0.25) is 0 Å². The van der Waals surface area contributed by atoms with Crippen molar-refractivity contribution in [1.82, 2.24) is 4.57 Å². The van der Waals surface area contributed by atoms with Gasteiger partial charge in [0.15, 0.2) is 0 Å². The maximum atomic E-state index is 6.54. The Morgan fingerprint density at radius 2 is 1.23 bits per heavy atom. The van der Waals surface area contributed by atoms with Crippen molar-refractivity contribution >= 4 is 86.0 Å². The maximum absolute atomic E-state index is 6.54. The van der Waals surface area contributed by atoms with Crippen LogP contribution in [0.2, 0.25) is 0 Å². The molecule has 11 rings (SSSR count). The van der Waals surface area contributed by atoms with Crippen molar-refractivity contribution in [3.05, 3.63) is 127 Å². The Morgan fingerprint density at radius 3 is 2.19 bits per heavy atom. The molecule has 0 saturated carbocycles. The van der Waals surface area contributed by atoms with Crippen molar-refractivity contribution in [2.75, 3.05) is 0 Å². The van der Waals surface area contributed by atoms with E-state index in [0.717, 1.165) is 11.2 Å². The molecule has 2 nitrogen and oxygen atoms in total. The van der Waals surface area contributed by atoms with Gasteiger partial charge in [0.2, 0.25) is 0 Å². The molecule has 0 saturated heterocycles. The Hall–Kier alpha value is -5.38. The summed E-state index contributed by atoms with van der Waals surface area (Å²) in [5.74, 6) is 0. The van der Waals surface area contributed by atoms with Crippen molar-refractivity contribution in [3.63, 3.8) is 0 Å². The zero-order valence-electron chi connectivity index (χ0n) is 22.9. The summed E-state index contributed by atoms with van der Waals surface area (Å²) in [6.45, 7) is 0. The Labute approximate surface area is 249 Å². The van der Waals surface area contributed by atoms with Gasteiger partial charge in [0.05, 0.1) is 16.7 Å². The minimum absolute atomic E-state index is 0.938. The van der Waals surface area contributed by atoms with E-state index in [-0.39, 0.29) is 0 Å². The Morgan fingerprint density at radius 1 is 0.465 bits per heavy atom. The lowest BCUT2D eigenvalue weighted by atomic mass is 10.0. The Kier molecular flexibility index (Phi) is 3.99. The van der Waals surface area contributed by atoms with Gasteiger partial charge in [-0.25, -0.2) is 0 Å². The van der Waals surface area contributed by atoms with E-state index in [0.29, 0.717) is 0 Å². The summed E-state index contributed by atoms with van der Waals surface area (Å²) in [7, 11) is 0. The highest BCUT2D eigenvalue weighted by atomic mass is 32.1. The van der Waals surface area contributed by atoms with E-state index in [4.69, 9.17) is 4.42 Å². The van der Waals surface area contributed by atoms with Gasteiger partial charge in [0.1, 0.15) is 11.2 Å². The number of rotatable bonds is 1. The molecule has 0 atom stereocenters. The van der Waals surface area contributed by atoms with Gasteiger partial charge in [0, 0.05) is 52.7 Å². The molecule has 198 valence electrons.